The summed E-state index contributed by atoms with van der Waals surface area (Å²) in [7, 11) is 0. The van der Waals surface area contributed by atoms with Crippen LogP contribution in [0.5, 0.6) is 5.75 Å². The number of ether oxygens (including phenoxy) is 1. The molecular formula is C9H6F3N3O3. The highest BCUT2D eigenvalue weighted by atomic mass is 19.4. The summed E-state index contributed by atoms with van der Waals surface area (Å²) in [6.07, 6.45) is -5.58. The number of alkyl halides is 3. The molecule has 9 heteroatoms. The van der Waals surface area contributed by atoms with Gasteiger partial charge in [-0.2, -0.15) is 5.26 Å². The van der Waals surface area contributed by atoms with Crippen molar-refractivity contribution in [2.24, 2.45) is 0 Å². The molecule has 6 nitrogen and oxygen atoms in total. The molecule has 0 bridgehead atoms. The third-order valence-electron chi connectivity index (χ3n) is 1.71. The quantitative estimate of drug-likeness (QED) is 0.841. The van der Waals surface area contributed by atoms with E-state index in [1.165, 1.54) is 6.07 Å². The minimum Gasteiger partial charge on any atom is -0.481 e. The summed E-state index contributed by atoms with van der Waals surface area (Å²) in [4.78, 5) is 13.8. The number of pyridine rings is 1. The van der Waals surface area contributed by atoms with Crippen molar-refractivity contribution >= 4 is 11.7 Å². The van der Waals surface area contributed by atoms with Crippen molar-refractivity contribution in [1.29, 1.82) is 5.26 Å². The molecule has 0 aliphatic carbocycles. The van der Waals surface area contributed by atoms with E-state index in [0.717, 1.165) is 6.07 Å². The van der Waals surface area contributed by atoms with Crippen molar-refractivity contribution in [2.45, 2.75) is 12.8 Å². The molecule has 0 saturated heterocycles. The molecule has 0 fully saturated rings. The number of aliphatic carboxylic acids is 1. The van der Waals surface area contributed by atoms with E-state index in [1.54, 1.807) is 0 Å². The molecule has 0 aromatic carbocycles. The number of hydrogen-bond acceptors (Lipinski definition) is 5. The Labute approximate surface area is 98.4 Å². The number of rotatable bonds is 3. The second-order valence-corrected chi connectivity index (χ2v) is 3.11. The number of anilines is 1. The first-order chi connectivity index (χ1) is 8.23. The van der Waals surface area contributed by atoms with Crippen LogP contribution in [-0.4, -0.2) is 22.4 Å². The predicted molar refractivity (Wildman–Crippen MR) is 51.4 cm³/mol. The first-order valence-electron chi connectivity index (χ1n) is 4.40. The Hall–Kier alpha value is -2.50. The van der Waals surface area contributed by atoms with Crippen LogP contribution in [0.3, 0.4) is 0 Å². The van der Waals surface area contributed by atoms with Crippen LogP contribution in [0.4, 0.5) is 18.9 Å². The van der Waals surface area contributed by atoms with Crippen LogP contribution < -0.4 is 10.5 Å². The zero-order valence-electron chi connectivity index (χ0n) is 8.65. The number of aromatic nitrogens is 1. The van der Waals surface area contributed by atoms with E-state index in [9.17, 15) is 18.0 Å². The van der Waals surface area contributed by atoms with Gasteiger partial charge in [-0.15, -0.1) is 13.2 Å². The van der Waals surface area contributed by atoms with Crippen molar-refractivity contribution in [3.05, 3.63) is 17.5 Å². The van der Waals surface area contributed by atoms with Crippen LogP contribution in [0.15, 0.2) is 6.07 Å². The standard InChI is InChI=1S/C9H6F3N3O3/c10-9(11,12)18-8-5(14)1-4(2-7(16)17)15-6(8)3-13/h1H,2H2,(H2,14,15)(H,16,17). The molecule has 0 aliphatic heterocycles. The summed E-state index contributed by atoms with van der Waals surface area (Å²) in [6, 6.07) is 2.28. The first-order valence-corrected chi connectivity index (χ1v) is 4.40. The summed E-state index contributed by atoms with van der Waals surface area (Å²) in [5.41, 5.74) is 3.91. The van der Waals surface area contributed by atoms with E-state index >= 15 is 0 Å². The highest BCUT2D eigenvalue weighted by molar-refractivity contribution is 5.71. The van der Waals surface area contributed by atoms with Gasteiger partial charge in [0.15, 0.2) is 11.4 Å². The molecule has 1 rings (SSSR count). The Morgan fingerprint density at radius 3 is 2.67 bits per heavy atom. The number of carboxylic acid groups (broad SMARTS) is 1. The topological polar surface area (TPSA) is 109 Å². The average molecular weight is 261 g/mol. The van der Waals surface area contributed by atoms with Crippen LogP contribution in [0.1, 0.15) is 11.4 Å². The van der Waals surface area contributed by atoms with Gasteiger partial charge < -0.3 is 15.6 Å². The number of nitrogens with two attached hydrogens (primary N) is 1. The summed E-state index contributed by atoms with van der Waals surface area (Å²) < 4.78 is 39.7. The van der Waals surface area contributed by atoms with E-state index in [4.69, 9.17) is 16.1 Å². The molecule has 0 amide bonds. The van der Waals surface area contributed by atoms with Crippen LogP contribution in [0.2, 0.25) is 0 Å². The first kappa shape index (κ1) is 13.6. The predicted octanol–water partition coefficient (Wildman–Crippen LogP) is 1.06. The van der Waals surface area contributed by atoms with E-state index < -0.39 is 35.9 Å². The number of hydrogen-bond donors (Lipinski definition) is 2. The minimum absolute atomic E-state index is 0.133. The Balaban J connectivity index is 3.21. The van der Waals surface area contributed by atoms with E-state index in [2.05, 4.69) is 9.72 Å². The molecule has 1 heterocycles. The van der Waals surface area contributed by atoms with Crippen LogP contribution in [0.25, 0.3) is 0 Å². The molecule has 96 valence electrons. The molecular weight excluding hydrogens is 255 g/mol. The van der Waals surface area contributed by atoms with Gasteiger partial charge in [0.1, 0.15) is 6.07 Å². The second kappa shape index (κ2) is 4.79. The second-order valence-electron chi connectivity index (χ2n) is 3.11. The van der Waals surface area contributed by atoms with Crippen molar-refractivity contribution in [3.8, 4) is 11.8 Å². The van der Waals surface area contributed by atoms with E-state index in [0.29, 0.717) is 0 Å². The molecule has 18 heavy (non-hydrogen) atoms. The van der Waals surface area contributed by atoms with Crippen molar-refractivity contribution in [1.82, 2.24) is 4.98 Å². The largest absolute Gasteiger partial charge is 0.573 e. The van der Waals surface area contributed by atoms with E-state index in [-0.39, 0.29) is 5.69 Å². The Morgan fingerprint density at radius 2 is 2.22 bits per heavy atom. The van der Waals surface area contributed by atoms with Gasteiger partial charge >= 0.3 is 12.3 Å². The average Bonchev–Trinajstić information content (AvgIpc) is 2.19. The third kappa shape index (κ3) is 3.51. The lowest BCUT2D eigenvalue weighted by atomic mass is 10.2. The molecule has 0 atom stereocenters. The molecule has 3 N–H and O–H groups in total. The summed E-state index contributed by atoms with van der Waals surface area (Å²) in [5, 5.41) is 17.1. The molecule has 1 aromatic rings. The minimum atomic E-state index is -5.02. The third-order valence-corrected chi connectivity index (χ3v) is 1.71. The smallest absolute Gasteiger partial charge is 0.481 e. The van der Waals surface area contributed by atoms with Crippen LogP contribution in [0, 0.1) is 11.3 Å². The lowest BCUT2D eigenvalue weighted by Gasteiger charge is -2.12. The fourth-order valence-electron chi connectivity index (χ4n) is 1.15. The molecule has 0 radical (unpaired) electrons. The maximum atomic E-state index is 12.0. The van der Waals surface area contributed by atoms with Gasteiger partial charge in [-0.3, -0.25) is 4.79 Å². The van der Waals surface area contributed by atoms with Gasteiger partial charge in [-0.05, 0) is 6.07 Å². The number of carbonyl (C=O) groups is 1. The van der Waals surface area contributed by atoms with Gasteiger partial charge in [-0.25, -0.2) is 4.98 Å². The lowest BCUT2D eigenvalue weighted by Crippen LogP contribution is -2.19. The van der Waals surface area contributed by atoms with Crippen LogP contribution >= 0.6 is 0 Å². The monoisotopic (exact) mass is 261 g/mol. The van der Waals surface area contributed by atoms with Gasteiger partial charge in [0.05, 0.1) is 17.8 Å². The molecule has 0 aliphatic rings. The van der Waals surface area contributed by atoms with Gasteiger partial charge in [0.2, 0.25) is 0 Å². The van der Waals surface area contributed by atoms with Crippen LogP contribution in [-0.2, 0) is 11.2 Å². The maximum absolute atomic E-state index is 12.0. The summed E-state index contributed by atoms with van der Waals surface area (Å²) >= 11 is 0. The van der Waals surface area contributed by atoms with Crippen molar-refractivity contribution in [2.75, 3.05) is 5.73 Å². The number of nitrogens with zero attached hydrogens (tertiary/aromatic N) is 2. The van der Waals surface area contributed by atoms with Crippen molar-refractivity contribution in [3.63, 3.8) is 0 Å². The maximum Gasteiger partial charge on any atom is 0.573 e. The number of nitriles is 1. The molecule has 0 saturated carbocycles. The molecule has 1 aromatic heterocycles. The Bertz CT molecular complexity index is 522. The summed E-state index contributed by atoms with van der Waals surface area (Å²) in [6.45, 7) is 0. The SMILES string of the molecule is N#Cc1nc(CC(=O)O)cc(N)c1OC(F)(F)F. The fraction of sp³-hybridized carbons (Fsp3) is 0.222. The Kier molecular flexibility index (Phi) is 3.61. The normalized spacial score (nSPS) is 10.8. The zero-order chi connectivity index (χ0) is 13.9. The lowest BCUT2D eigenvalue weighted by molar-refractivity contribution is -0.274. The Morgan fingerprint density at radius 1 is 1.61 bits per heavy atom. The zero-order valence-corrected chi connectivity index (χ0v) is 8.65. The van der Waals surface area contributed by atoms with Gasteiger partial charge in [-0.1, -0.05) is 0 Å². The summed E-state index contributed by atoms with van der Waals surface area (Å²) in [5.74, 6) is -2.19. The number of nitrogen functional groups attached to an aromatic ring is 1. The number of carboxylic acids is 1. The van der Waals surface area contributed by atoms with E-state index in [1.807, 2.05) is 0 Å². The van der Waals surface area contributed by atoms with Gasteiger partial charge in [0.25, 0.3) is 0 Å². The highest BCUT2D eigenvalue weighted by Gasteiger charge is 2.33. The highest BCUT2D eigenvalue weighted by Crippen LogP contribution is 2.31. The molecule has 0 unspecified atom stereocenters. The van der Waals surface area contributed by atoms with Crippen molar-refractivity contribution < 1.29 is 27.8 Å². The molecule has 0 spiro atoms. The fourth-order valence-corrected chi connectivity index (χ4v) is 1.15. The van der Waals surface area contributed by atoms with Gasteiger partial charge in [0, 0.05) is 0 Å². The number of halogens is 3.